The molecule has 9 heteroatoms. The van der Waals surface area contributed by atoms with Crippen LogP contribution >= 0.6 is 0 Å². The van der Waals surface area contributed by atoms with E-state index in [9.17, 15) is 18.0 Å². The minimum atomic E-state index is -4.55. The monoisotopic (exact) mass is 424 g/mol. The Hall–Kier alpha value is -2.71. The molecular formula is C21H27F3N4O2. The van der Waals surface area contributed by atoms with E-state index in [1.807, 2.05) is 0 Å². The number of halogens is 3. The number of rotatable bonds is 2. The maximum atomic E-state index is 13.8. The molecule has 1 aromatic rings. The number of aryl methyl sites for hydroxylation is 1. The van der Waals surface area contributed by atoms with Gasteiger partial charge in [-0.05, 0) is 69.9 Å². The van der Waals surface area contributed by atoms with Crippen molar-refractivity contribution in [2.75, 3.05) is 20.1 Å². The second-order valence-corrected chi connectivity index (χ2v) is 8.05. The van der Waals surface area contributed by atoms with Gasteiger partial charge in [0.25, 0.3) is 0 Å². The highest BCUT2D eigenvalue weighted by Gasteiger charge is 2.36. The summed E-state index contributed by atoms with van der Waals surface area (Å²) in [7, 11) is 1.46. The van der Waals surface area contributed by atoms with Crippen molar-refractivity contribution in [2.24, 2.45) is 15.2 Å². The highest BCUT2D eigenvalue weighted by Crippen LogP contribution is 2.41. The first-order chi connectivity index (χ1) is 13.8. The number of benzene rings is 1. The molecule has 0 aliphatic carbocycles. The van der Waals surface area contributed by atoms with Crippen molar-refractivity contribution in [1.29, 1.82) is 0 Å². The van der Waals surface area contributed by atoms with E-state index < -0.39 is 23.4 Å². The van der Waals surface area contributed by atoms with Gasteiger partial charge in [-0.25, -0.2) is 9.79 Å². The molecule has 0 saturated carbocycles. The Labute approximate surface area is 174 Å². The molecule has 1 aliphatic heterocycles. The summed E-state index contributed by atoms with van der Waals surface area (Å²) in [5.74, 6) is 0.266. The van der Waals surface area contributed by atoms with Gasteiger partial charge in [-0.2, -0.15) is 18.3 Å². The molecular weight excluding hydrogens is 397 g/mol. The van der Waals surface area contributed by atoms with Gasteiger partial charge < -0.3 is 9.64 Å². The van der Waals surface area contributed by atoms with Crippen LogP contribution in [-0.2, 0) is 10.9 Å². The lowest BCUT2D eigenvalue weighted by atomic mass is 9.90. The number of nitrogens with zero attached hydrogens (tertiary/aromatic N) is 4. The lowest BCUT2D eigenvalue weighted by Crippen LogP contribution is -2.39. The van der Waals surface area contributed by atoms with E-state index in [0.717, 1.165) is 6.07 Å². The first kappa shape index (κ1) is 23.6. The SMILES string of the molecule is CN=NC(C)=Nc1cc(C)c(C2=CCN(C(=O)OC(C)(C)C)CC2)c(C(F)(F)F)c1. The molecule has 0 atom stereocenters. The molecule has 1 aromatic carbocycles. The quantitative estimate of drug-likeness (QED) is 0.324. The minimum absolute atomic E-state index is 0.139. The first-order valence-corrected chi connectivity index (χ1v) is 9.56. The van der Waals surface area contributed by atoms with E-state index in [-0.39, 0.29) is 30.2 Å². The van der Waals surface area contributed by atoms with E-state index in [0.29, 0.717) is 17.6 Å². The average molecular weight is 424 g/mol. The third-order valence-corrected chi connectivity index (χ3v) is 4.34. The summed E-state index contributed by atoms with van der Waals surface area (Å²) >= 11 is 0. The number of azo groups is 1. The molecule has 164 valence electrons. The summed E-state index contributed by atoms with van der Waals surface area (Å²) in [6.07, 6.45) is -3.07. The first-order valence-electron chi connectivity index (χ1n) is 9.56. The summed E-state index contributed by atoms with van der Waals surface area (Å²) in [5.41, 5.74) is -0.0610. The Balaban J connectivity index is 2.40. The van der Waals surface area contributed by atoms with Gasteiger partial charge in [-0.15, -0.1) is 5.11 Å². The molecule has 0 N–H and O–H groups in total. The van der Waals surface area contributed by atoms with E-state index in [4.69, 9.17) is 4.74 Å². The maximum Gasteiger partial charge on any atom is 0.417 e. The number of ether oxygens (including phenoxy) is 1. The highest BCUT2D eigenvalue weighted by atomic mass is 19.4. The number of alkyl halides is 3. The van der Waals surface area contributed by atoms with Crippen LogP contribution in [0.4, 0.5) is 23.7 Å². The summed E-state index contributed by atoms with van der Waals surface area (Å²) in [5, 5.41) is 7.32. The molecule has 2 rings (SSSR count). The van der Waals surface area contributed by atoms with Crippen molar-refractivity contribution in [3.05, 3.63) is 34.9 Å². The molecule has 1 aliphatic rings. The zero-order valence-corrected chi connectivity index (χ0v) is 18.1. The van der Waals surface area contributed by atoms with Gasteiger partial charge in [0.15, 0.2) is 0 Å². The average Bonchev–Trinajstić information content (AvgIpc) is 2.59. The third kappa shape index (κ3) is 6.14. The lowest BCUT2D eigenvalue weighted by molar-refractivity contribution is -0.137. The molecule has 0 bridgehead atoms. The highest BCUT2D eigenvalue weighted by molar-refractivity contribution is 5.83. The zero-order chi connectivity index (χ0) is 22.7. The Kier molecular flexibility index (Phi) is 7.05. The number of hydrogen-bond acceptors (Lipinski definition) is 4. The van der Waals surface area contributed by atoms with E-state index in [1.54, 1.807) is 46.8 Å². The fourth-order valence-corrected chi connectivity index (χ4v) is 3.22. The van der Waals surface area contributed by atoms with Crippen LogP contribution in [0.1, 0.15) is 50.8 Å². The number of aliphatic imine (C=N–C) groups is 1. The van der Waals surface area contributed by atoms with Gasteiger partial charge in [0, 0.05) is 20.1 Å². The van der Waals surface area contributed by atoms with Gasteiger partial charge in [0.1, 0.15) is 11.4 Å². The molecule has 6 nitrogen and oxygen atoms in total. The fraction of sp³-hybridized carbons (Fsp3) is 0.524. The molecule has 0 aromatic heterocycles. The van der Waals surface area contributed by atoms with Crippen molar-refractivity contribution >= 4 is 23.2 Å². The van der Waals surface area contributed by atoms with Crippen LogP contribution in [0, 0.1) is 6.92 Å². The normalized spacial score (nSPS) is 16.1. The number of amides is 1. The van der Waals surface area contributed by atoms with Crippen LogP contribution in [0.3, 0.4) is 0 Å². The standard InChI is InChI=1S/C21H27F3N4O2/c1-13-11-16(26-14(2)27-25-6)12-17(21(22,23)24)18(13)15-7-9-28(10-8-15)19(29)30-20(3,4)5/h7,11-12H,8-10H2,1-6H3. The van der Waals surface area contributed by atoms with E-state index in [1.165, 1.54) is 11.9 Å². The van der Waals surface area contributed by atoms with Gasteiger partial charge in [-0.1, -0.05) is 6.08 Å². The van der Waals surface area contributed by atoms with Crippen molar-refractivity contribution in [3.63, 3.8) is 0 Å². The molecule has 0 saturated heterocycles. The van der Waals surface area contributed by atoms with Crippen LogP contribution in [0.5, 0.6) is 0 Å². The summed E-state index contributed by atoms with van der Waals surface area (Å²) in [4.78, 5) is 17.8. The Morgan fingerprint density at radius 3 is 2.37 bits per heavy atom. The summed E-state index contributed by atoms with van der Waals surface area (Å²) in [6.45, 7) is 8.97. The van der Waals surface area contributed by atoms with Crippen molar-refractivity contribution in [2.45, 2.75) is 52.8 Å². The Bertz CT molecular complexity index is 897. The Morgan fingerprint density at radius 2 is 1.87 bits per heavy atom. The van der Waals surface area contributed by atoms with E-state index >= 15 is 0 Å². The van der Waals surface area contributed by atoms with Crippen molar-refractivity contribution in [3.8, 4) is 0 Å². The van der Waals surface area contributed by atoms with Crippen LogP contribution in [-0.4, -0.2) is 42.6 Å². The molecule has 0 unspecified atom stereocenters. The smallest absolute Gasteiger partial charge is 0.417 e. The van der Waals surface area contributed by atoms with Gasteiger partial charge in [-0.3, -0.25) is 0 Å². The largest absolute Gasteiger partial charge is 0.444 e. The van der Waals surface area contributed by atoms with Crippen LogP contribution in [0.25, 0.3) is 5.57 Å². The molecule has 30 heavy (non-hydrogen) atoms. The van der Waals surface area contributed by atoms with Crippen molar-refractivity contribution < 1.29 is 22.7 Å². The third-order valence-electron chi connectivity index (χ3n) is 4.34. The summed E-state index contributed by atoms with van der Waals surface area (Å²) in [6, 6.07) is 2.62. The molecule has 1 amide bonds. The Morgan fingerprint density at radius 1 is 1.20 bits per heavy atom. The molecule has 0 spiro atoms. The maximum absolute atomic E-state index is 13.8. The second-order valence-electron chi connectivity index (χ2n) is 8.05. The zero-order valence-electron chi connectivity index (χ0n) is 18.1. The van der Waals surface area contributed by atoms with E-state index in [2.05, 4.69) is 15.2 Å². The fourth-order valence-electron chi connectivity index (χ4n) is 3.22. The minimum Gasteiger partial charge on any atom is -0.444 e. The van der Waals surface area contributed by atoms with Gasteiger partial charge >= 0.3 is 12.3 Å². The number of carbonyl (C=O) groups excluding carboxylic acids is 1. The predicted octanol–water partition coefficient (Wildman–Crippen LogP) is 6.17. The predicted molar refractivity (Wildman–Crippen MR) is 110 cm³/mol. The lowest BCUT2D eigenvalue weighted by Gasteiger charge is -2.30. The number of amidine groups is 1. The van der Waals surface area contributed by atoms with Crippen LogP contribution < -0.4 is 0 Å². The van der Waals surface area contributed by atoms with Crippen molar-refractivity contribution in [1.82, 2.24) is 4.90 Å². The molecule has 0 fully saturated rings. The molecule has 0 radical (unpaired) electrons. The number of hydrogen-bond donors (Lipinski definition) is 0. The van der Waals surface area contributed by atoms with Gasteiger partial charge in [0.05, 0.1) is 11.3 Å². The number of carbonyl (C=O) groups is 1. The van der Waals surface area contributed by atoms with Gasteiger partial charge in [0.2, 0.25) is 0 Å². The topological polar surface area (TPSA) is 66.6 Å². The van der Waals surface area contributed by atoms with Crippen LogP contribution in [0.15, 0.2) is 33.4 Å². The summed E-state index contributed by atoms with van der Waals surface area (Å²) < 4.78 is 46.9. The second kappa shape index (κ2) is 8.97. The van der Waals surface area contributed by atoms with Crippen LogP contribution in [0.2, 0.25) is 0 Å². The molecule has 1 heterocycles.